The van der Waals surface area contributed by atoms with Crippen molar-refractivity contribution in [3.8, 4) is 5.75 Å². The molecule has 2 aromatic carbocycles. The van der Waals surface area contributed by atoms with Crippen LogP contribution in [0.4, 0.5) is 0 Å². The first-order valence-electron chi connectivity index (χ1n) is 6.57. The summed E-state index contributed by atoms with van der Waals surface area (Å²) in [6.45, 7) is 0. The summed E-state index contributed by atoms with van der Waals surface area (Å²) in [5.41, 5.74) is 1.58. The van der Waals surface area contributed by atoms with Crippen molar-refractivity contribution in [2.75, 3.05) is 14.2 Å². The predicted octanol–water partition coefficient (Wildman–Crippen LogP) is 4.03. The number of carbonyl (C=O) groups is 1. The van der Waals surface area contributed by atoms with Crippen molar-refractivity contribution in [3.05, 3.63) is 65.7 Å². The minimum Gasteiger partial charge on any atom is -0.497 e. The molecule has 0 fully saturated rings. The van der Waals surface area contributed by atoms with Gasteiger partial charge in [0.25, 0.3) is 0 Å². The van der Waals surface area contributed by atoms with E-state index in [2.05, 4.69) is 15.9 Å². The number of carbonyl (C=O) groups excluding carboxylic acids is 1. The van der Waals surface area contributed by atoms with Crippen molar-refractivity contribution in [1.29, 1.82) is 0 Å². The van der Waals surface area contributed by atoms with Gasteiger partial charge in [-0.1, -0.05) is 58.4 Å². The number of halogens is 1. The van der Waals surface area contributed by atoms with Crippen molar-refractivity contribution in [3.63, 3.8) is 0 Å². The molecule has 0 aliphatic heterocycles. The van der Waals surface area contributed by atoms with Gasteiger partial charge in [-0.3, -0.25) is 4.79 Å². The third kappa shape index (κ3) is 3.71. The number of benzene rings is 2. The second-order valence-electron chi connectivity index (χ2n) is 4.56. The molecule has 0 spiro atoms. The SMILES string of the molecule is COc1ccc([C@H](OC)[C@H](Br)C(=O)c2ccccc2)cc1. The fourth-order valence-corrected chi connectivity index (χ4v) is 2.90. The van der Waals surface area contributed by atoms with Crippen LogP contribution >= 0.6 is 15.9 Å². The Hall–Kier alpha value is -1.65. The quantitative estimate of drug-likeness (QED) is 0.584. The van der Waals surface area contributed by atoms with Crippen LogP contribution in [0.5, 0.6) is 5.75 Å². The number of hydrogen-bond acceptors (Lipinski definition) is 3. The molecular formula is C17H17BrO3. The number of alkyl halides is 1. The molecule has 0 radical (unpaired) electrons. The van der Waals surface area contributed by atoms with Crippen LogP contribution in [0.1, 0.15) is 22.0 Å². The van der Waals surface area contributed by atoms with Gasteiger partial charge in [0.15, 0.2) is 5.78 Å². The molecule has 2 rings (SSSR count). The molecule has 2 aromatic rings. The third-order valence-corrected chi connectivity index (χ3v) is 4.17. The highest BCUT2D eigenvalue weighted by atomic mass is 79.9. The number of rotatable bonds is 6. The summed E-state index contributed by atoms with van der Waals surface area (Å²) in [7, 11) is 3.22. The lowest BCUT2D eigenvalue weighted by atomic mass is 10.00. The Labute approximate surface area is 133 Å². The van der Waals surface area contributed by atoms with E-state index in [1.807, 2.05) is 42.5 Å². The zero-order chi connectivity index (χ0) is 15.2. The van der Waals surface area contributed by atoms with Crippen LogP contribution in [0.3, 0.4) is 0 Å². The minimum atomic E-state index is -0.446. The molecule has 0 amide bonds. The zero-order valence-electron chi connectivity index (χ0n) is 12.0. The number of ether oxygens (including phenoxy) is 2. The fraction of sp³-hybridized carbons (Fsp3) is 0.235. The highest BCUT2D eigenvalue weighted by molar-refractivity contribution is 9.10. The molecule has 0 aliphatic rings. The van der Waals surface area contributed by atoms with E-state index in [-0.39, 0.29) is 11.9 Å². The molecule has 0 saturated carbocycles. The highest BCUT2D eigenvalue weighted by Crippen LogP contribution is 2.29. The van der Waals surface area contributed by atoms with Gasteiger partial charge in [0.1, 0.15) is 16.7 Å². The molecular weight excluding hydrogens is 332 g/mol. The average molecular weight is 349 g/mol. The van der Waals surface area contributed by atoms with E-state index in [0.29, 0.717) is 5.56 Å². The van der Waals surface area contributed by atoms with E-state index in [4.69, 9.17) is 9.47 Å². The minimum absolute atomic E-state index is 0.00160. The first-order chi connectivity index (χ1) is 10.2. The number of methoxy groups -OCH3 is 2. The molecule has 0 bridgehead atoms. The molecule has 0 N–H and O–H groups in total. The Balaban J connectivity index is 2.21. The van der Waals surface area contributed by atoms with E-state index in [9.17, 15) is 4.79 Å². The second kappa shape index (κ2) is 7.38. The Kier molecular flexibility index (Phi) is 5.53. The van der Waals surface area contributed by atoms with Gasteiger partial charge in [0.2, 0.25) is 0 Å². The van der Waals surface area contributed by atoms with Crippen molar-refractivity contribution in [2.45, 2.75) is 10.9 Å². The maximum atomic E-state index is 12.5. The van der Waals surface area contributed by atoms with E-state index in [1.54, 1.807) is 26.4 Å². The lowest BCUT2D eigenvalue weighted by molar-refractivity contribution is 0.0770. The lowest BCUT2D eigenvalue weighted by Crippen LogP contribution is -2.24. The topological polar surface area (TPSA) is 35.5 Å². The molecule has 4 heteroatoms. The van der Waals surface area contributed by atoms with Crippen LogP contribution < -0.4 is 4.74 Å². The molecule has 0 unspecified atom stereocenters. The van der Waals surface area contributed by atoms with E-state index < -0.39 is 4.83 Å². The van der Waals surface area contributed by atoms with Crippen LogP contribution in [-0.4, -0.2) is 24.8 Å². The summed E-state index contributed by atoms with van der Waals surface area (Å²) in [6.07, 6.45) is -0.358. The summed E-state index contributed by atoms with van der Waals surface area (Å²) in [5, 5.41) is 0. The maximum absolute atomic E-state index is 12.5. The van der Waals surface area contributed by atoms with Crippen LogP contribution in [0.25, 0.3) is 0 Å². The second-order valence-corrected chi connectivity index (χ2v) is 5.55. The third-order valence-electron chi connectivity index (χ3n) is 3.27. The van der Waals surface area contributed by atoms with Gasteiger partial charge in [-0.05, 0) is 17.7 Å². The summed E-state index contributed by atoms with van der Waals surface area (Å²) >= 11 is 3.47. The molecule has 0 heterocycles. The molecule has 0 saturated heterocycles. The predicted molar refractivity (Wildman–Crippen MR) is 86.2 cm³/mol. The van der Waals surface area contributed by atoms with Gasteiger partial charge in [-0.15, -0.1) is 0 Å². The molecule has 3 nitrogen and oxygen atoms in total. The van der Waals surface area contributed by atoms with E-state index in [1.165, 1.54) is 0 Å². The molecule has 0 aromatic heterocycles. The van der Waals surface area contributed by atoms with Crippen LogP contribution in [-0.2, 0) is 4.74 Å². The monoisotopic (exact) mass is 348 g/mol. The molecule has 110 valence electrons. The Morgan fingerprint density at radius 2 is 1.62 bits per heavy atom. The van der Waals surface area contributed by atoms with E-state index in [0.717, 1.165) is 11.3 Å². The zero-order valence-corrected chi connectivity index (χ0v) is 13.5. The van der Waals surface area contributed by atoms with Crippen molar-refractivity contribution < 1.29 is 14.3 Å². The van der Waals surface area contributed by atoms with Gasteiger partial charge >= 0.3 is 0 Å². The van der Waals surface area contributed by atoms with Crippen molar-refractivity contribution in [1.82, 2.24) is 0 Å². The Morgan fingerprint density at radius 1 is 1.00 bits per heavy atom. The van der Waals surface area contributed by atoms with Gasteiger partial charge in [0.05, 0.1) is 7.11 Å². The van der Waals surface area contributed by atoms with Crippen LogP contribution in [0.15, 0.2) is 54.6 Å². The van der Waals surface area contributed by atoms with Gasteiger partial charge in [-0.25, -0.2) is 0 Å². The Bertz CT molecular complexity index is 581. The summed E-state index contributed by atoms with van der Waals surface area (Å²) in [6, 6.07) is 16.7. The molecule has 0 aliphatic carbocycles. The van der Waals surface area contributed by atoms with E-state index >= 15 is 0 Å². The first kappa shape index (κ1) is 15.7. The van der Waals surface area contributed by atoms with Gasteiger partial charge < -0.3 is 9.47 Å². The van der Waals surface area contributed by atoms with Crippen molar-refractivity contribution >= 4 is 21.7 Å². The average Bonchev–Trinajstić information content (AvgIpc) is 2.56. The molecule has 2 atom stereocenters. The summed E-state index contributed by atoms with van der Waals surface area (Å²) < 4.78 is 10.6. The van der Waals surface area contributed by atoms with Crippen LogP contribution in [0, 0.1) is 0 Å². The summed E-state index contributed by atoms with van der Waals surface area (Å²) in [4.78, 5) is 12.0. The van der Waals surface area contributed by atoms with Crippen LogP contribution in [0.2, 0.25) is 0 Å². The smallest absolute Gasteiger partial charge is 0.179 e. The maximum Gasteiger partial charge on any atom is 0.179 e. The summed E-state index contributed by atoms with van der Waals surface area (Å²) in [5.74, 6) is 0.771. The largest absolute Gasteiger partial charge is 0.497 e. The van der Waals surface area contributed by atoms with Crippen molar-refractivity contribution in [2.24, 2.45) is 0 Å². The highest BCUT2D eigenvalue weighted by Gasteiger charge is 2.28. The van der Waals surface area contributed by atoms with Gasteiger partial charge in [0, 0.05) is 12.7 Å². The lowest BCUT2D eigenvalue weighted by Gasteiger charge is -2.21. The fourth-order valence-electron chi connectivity index (χ4n) is 2.12. The number of ketones is 1. The standard InChI is InChI=1S/C17H17BrO3/c1-20-14-10-8-13(9-11-14)17(21-2)15(18)16(19)12-6-4-3-5-7-12/h3-11,15,17H,1-2H3/t15-,17+/m1/s1. The molecule has 21 heavy (non-hydrogen) atoms. The normalized spacial score (nSPS) is 13.5. The Morgan fingerprint density at radius 3 is 2.14 bits per heavy atom. The van der Waals surface area contributed by atoms with Gasteiger partial charge in [-0.2, -0.15) is 0 Å². The number of Topliss-reactive ketones (excluding diaryl/α,β-unsaturated/α-hetero) is 1. The number of hydrogen-bond donors (Lipinski definition) is 0. The first-order valence-corrected chi connectivity index (χ1v) is 7.49.